The molecule has 0 aliphatic carbocycles. The average Bonchev–Trinajstić information content (AvgIpc) is 3.14. The molecule has 3 N–H and O–H groups in total. The number of rotatable bonds is 8. The molecule has 0 saturated carbocycles. The van der Waals surface area contributed by atoms with E-state index in [1.54, 1.807) is 14.0 Å². The highest BCUT2D eigenvalue weighted by Gasteiger charge is 2.35. The quantitative estimate of drug-likeness (QED) is 0.666. The van der Waals surface area contributed by atoms with Crippen molar-refractivity contribution in [3.8, 4) is 0 Å². The molecule has 0 radical (unpaired) electrons. The summed E-state index contributed by atoms with van der Waals surface area (Å²) in [4.78, 5) is 24.4. The number of methoxy groups -OCH3 is 1. The third kappa shape index (κ3) is 4.80. The highest BCUT2D eigenvalue weighted by atomic mass is 16.5. The van der Waals surface area contributed by atoms with Crippen molar-refractivity contribution < 1.29 is 19.4 Å². The number of carboxylic acids is 1. The van der Waals surface area contributed by atoms with Crippen LogP contribution in [-0.4, -0.2) is 48.8 Å². The van der Waals surface area contributed by atoms with Gasteiger partial charge in [0.15, 0.2) is 0 Å². The lowest BCUT2D eigenvalue weighted by Gasteiger charge is -2.29. The van der Waals surface area contributed by atoms with Crippen LogP contribution in [0.15, 0.2) is 30.3 Å². The van der Waals surface area contributed by atoms with Crippen LogP contribution in [0.25, 0.3) is 0 Å². The van der Waals surface area contributed by atoms with E-state index in [0.717, 1.165) is 24.9 Å². The predicted molar refractivity (Wildman–Crippen MR) is 95.4 cm³/mol. The maximum Gasteiger partial charge on any atom is 0.326 e. The summed E-state index contributed by atoms with van der Waals surface area (Å²) in [6, 6.07) is 8.49. The van der Waals surface area contributed by atoms with Gasteiger partial charge in [-0.05, 0) is 24.9 Å². The van der Waals surface area contributed by atoms with Gasteiger partial charge < -0.3 is 20.5 Å². The minimum atomic E-state index is -1.04. The summed E-state index contributed by atoms with van der Waals surface area (Å²) < 4.78 is 5.53. The van der Waals surface area contributed by atoms with Gasteiger partial charge in [0.25, 0.3) is 0 Å². The zero-order valence-electron chi connectivity index (χ0n) is 15.1. The van der Waals surface area contributed by atoms with Gasteiger partial charge in [0.05, 0.1) is 12.0 Å². The minimum Gasteiger partial charge on any atom is -0.480 e. The fourth-order valence-electron chi connectivity index (χ4n) is 3.49. The molecule has 138 valence electrons. The molecule has 1 aromatic carbocycles. The number of hydrogen-bond acceptors (Lipinski definition) is 4. The van der Waals surface area contributed by atoms with E-state index in [0.29, 0.717) is 0 Å². The zero-order chi connectivity index (χ0) is 18.4. The molecule has 5 atom stereocenters. The molecule has 25 heavy (non-hydrogen) atoms. The molecule has 1 fully saturated rings. The van der Waals surface area contributed by atoms with Crippen LogP contribution >= 0.6 is 0 Å². The fraction of sp³-hybridized carbons (Fsp3) is 0.579. The Bertz CT molecular complexity index is 572. The molecule has 1 heterocycles. The third-order valence-corrected chi connectivity index (χ3v) is 5.06. The third-order valence-electron chi connectivity index (χ3n) is 5.06. The second-order valence-electron chi connectivity index (χ2n) is 6.72. The molecular formula is C19H28N2O4. The molecular weight excluding hydrogens is 320 g/mol. The Morgan fingerprint density at radius 1 is 1.28 bits per heavy atom. The molecule has 1 aliphatic rings. The molecule has 0 spiro atoms. The lowest BCUT2D eigenvalue weighted by Crippen LogP contribution is -2.51. The maximum absolute atomic E-state index is 12.7. The van der Waals surface area contributed by atoms with Gasteiger partial charge in [-0.3, -0.25) is 4.79 Å². The normalized spacial score (nSPS) is 22.0. The molecule has 1 aliphatic heterocycles. The summed E-state index contributed by atoms with van der Waals surface area (Å²) in [6.07, 6.45) is 1.74. The van der Waals surface area contributed by atoms with Crippen LogP contribution in [0, 0.1) is 5.92 Å². The lowest BCUT2D eigenvalue weighted by molar-refractivity contribution is -0.144. The van der Waals surface area contributed by atoms with Gasteiger partial charge in [-0.15, -0.1) is 0 Å². The molecule has 0 bridgehead atoms. The minimum absolute atomic E-state index is 0.126. The van der Waals surface area contributed by atoms with Crippen molar-refractivity contribution in [3.63, 3.8) is 0 Å². The summed E-state index contributed by atoms with van der Waals surface area (Å²) in [5.74, 6) is -2.11. The molecule has 2 rings (SSSR count). The Balaban J connectivity index is 2.07. The van der Waals surface area contributed by atoms with Crippen LogP contribution in [0.1, 0.15) is 38.2 Å². The number of carbonyl (C=O) groups excluding carboxylic acids is 1. The Kier molecular flexibility index (Phi) is 6.96. The van der Waals surface area contributed by atoms with E-state index in [4.69, 9.17) is 4.74 Å². The van der Waals surface area contributed by atoms with E-state index in [-0.39, 0.29) is 24.0 Å². The van der Waals surface area contributed by atoms with Crippen molar-refractivity contribution >= 4 is 11.9 Å². The van der Waals surface area contributed by atoms with Crippen molar-refractivity contribution in [2.75, 3.05) is 13.7 Å². The van der Waals surface area contributed by atoms with Crippen LogP contribution in [0.2, 0.25) is 0 Å². The van der Waals surface area contributed by atoms with Gasteiger partial charge >= 0.3 is 5.97 Å². The van der Waals surface area contributed by atoms with Crippen molar-refractivity contribution in [2.24, 2.45) is 5.92 Å². The first-order valence-corrected chi connectivity index (χ1v) is 8.80. The fourth-order valence-corrected chi connectivity index (χ4v) is 3.49. The van der Waals surface area contributed by atoms with Gasteiger partial charge in [0.1, 0.15) is 6.04 Å². The van der Waals surface area contributed by atoms with Gasteiger partial charge in [-0.1, -0.05) is 44.2 Å². The second kappa shape index (κ2) is 8.97. The number of carbonyl (C=O) groups is 2. The van der Waals surface area contributed by atoms with Gasteiger partial charge in [0, 0.05) is 19.1 Å². The molecule has 1 saturated heterocycles. The smallest absolute Gasteiger partial charge is 0.326 e. The number of benzene rings is 1. The molecule has 6 nitrogen and oxygen atoms in total. The molecule has 1 unspecified atom stereocenters. The van der Waals surface area contributed by atoms with Crippen LogP contribution in [0.3, 0.4) is 0 Å². The topological polar surface area (TPSA) is 87.7 Å². The molecule has 0 aromatic heterocycles. The Labute approximate surface area is 149 Å². The SMILES string of the molecule is CO[C@@H]([C@@H]1CCCN1)[C@@H](C)C(=O)N[C@H](C(=O)O)C(C)c1ccccc1. The zero-order valence-corrected chi connectivity index (χ0v) is 15.1. The van der Waals surface area contributed by atoms with Crippen LogP contribution in [0.5, 0.6) is 0 Å². The van der Waals surface area contributed by atoms with Gasteiger partial charge in [-0.25, -0.2) is 4.79 Å². The maximum atomic E-state index is 12.7. The van der Waals surface area contributed by atoms with E-state index in [1.165, 1.54) is 0 Å². The first-order valence-electron chi connectivity index (χ1n) is 8.80. The van der Waals surface area contributed by atoms with Crippen molar-refractivity contribution in [2.45, 2.75) is 50.8 Å². The van der Waals surface area contributed by atoms with Crippen molar-refractivity contribution in [1.82, 2.24) is 10.6 Å². The summed E-state index contributed by atoms with van der Waals surface area (Å²) in [5, 5.41) is 15.6. The molecule has 6 heteroatoms. The van der Waals surface area contributed by atoms with Crippen LogP contribution in [0.4, 0.5) is 0 Å². The lowest BCUT2D eigenvalue weighted by atomic mass is 9.91. The van der Waals surface area contributed by atoms with Crippen molar-refractivity contribution in [3.05, 3.63) is 35.9 Å². The number of ether oxygens (including phenoxy) is 1. The van der Waals surface area contributed by atoms with Crippen molar-refractivity contribution in [1.29, 1.82) is 0 Å². The first kappa shape index (κ1) is 19.4. The Morgan fingerprint density at radius 2 is 1.96 bits per heavy atom. The van der Waals surface area contributed by atoms with E-state index in [2.05, 4.69) is 10.6 Å². The largest absolute Gasteiger partial charge is 0.480 e. The second-order valence-corrected chi connectivity index (χ2v) is 6.72. The summed E-state index contributed by atoms with van der Waals surface area (Å²) in [7, 11) is 1.59. The van der Waals surface area contributed by atoms with E-state index < -0.39 is 17.9 Å². The molecule has 1 aromatic rings. The Morgan fingerprint density at radius 3 is 2.48 bits per heavy atom. The van der Waals surface area contributed by atoms with E-state index in [9.17, 15) is 14.7 Å². The summed E-state index contributed by atoms with van der Waals surface area (Å²) in [5.41, 5.74) is 0.878. The number of aliphatic carboxylic acids is 1. The number of amides is 1. The van der Waals surface area contributed by atoms with E-state index >= 15 is 0 Å². The average molecular weight is 348 g/mol. The van der Waals surface area contributed by atoms with Gasteiger partial charge in [-0.2, -0.15) is 0 Å². The number of nitrogens with one attached hydrogen (secondary N) is 2. The predicted octanol–water partition coefficient (Wildman–Crippen LogP) is 1.76. The number of hydrogen-bond donors (Lipinski definition) is 3. The highest BCUT2D eigenvalue weighted by Crippen LogP contribution is 2.22. The standard InChI is InChI=1S/C19H28N2O4/c1-12(14-8-5-4-6-9-14)16(19(23)24)21-18(22)13(2)17(25-3)15-10-7-11-20-15/h4-6,8-9,12-13,15-17,20H,7,10-11H2,1-3H3,(H,21,22)(H,23,24)/t12?,13-,15+,16+,17-/m1/s1. The first-order chi connectivity index (χ1) is 12.0. The number of carboxylic acid groups (broad SMARTS) is 1. The summed E-state index contributed by atoms with van der Waals surface area (Å²) in [6.45, 7) is 4.52. The van der Waals surface area contributed by atoms with Gasteiger partial charge in [0.2, 0.25) is 5.91 Å². The van der Waals surface area contributed by atoms with Crippen LogP contribution in [-0.2, 0) is 14.3 Å². The van der Waals surface area contributed by atoms with E-state index in [1.807, 2.05) is 37.3 Å². The summed E-state index contributed by atoms with van der Waals surface area (Å²) >= 11 is 0. The van der Waals surface area contributed by atoms with Crippen LogP contribution < -0.4 is 10.6 Å². The highest BCUT2D eigenvalue weighted by molar-refractivity contribution is 5.85. The Hall–Kier alpha value is -1.92. The molecule has 1 amide bonds. The monoisotopic (exact) mass is 348 g/mol.